The lowest BCUT2D eigenvalue weighted by molar-refractivity contribution is 0.625. The molecule has 0 aliphatic heterocycles. The maximum atomic E-state index is 13.6. The van der Waals surface area contributed by atoms with E-state index in [0.717, 1.165) is 5.69 Å². The number of hydrogen-bond donors (Lipinski definition) is 2. The van der Waals surface area contributed by atoms with Gasteiger partial charge in [-0.25, -0.2) is 9.49 Å². The minimum Gasteiger partial charge on any atom is -0.282 e. The van der Waals surface area contributed by atoms with Crippen molar-refractivity contribution in [3.05, 3.63) is 52.2 Å². The van der Waals surface area contributed by atoms with Crippen LogP contribution in [0.15, 0.2) is 35.4 Å². The summed E-state index contributed by atoms with van der Waals surface area (Å²) in [6, 6.07) is 8.17. The van der Waals surface area contributed by atoms with Crippen LogP contribution in [-0.2, 0) is 0 Å². The molecule has 2 heterocycles. The monoisotopic (exact) mass is 302 g/mol. The highest BCUT2D eigenvalue weighted by Crippen LogP contribution is 2.15. The van der Waals surface area contributed by atoms with Crippen molar-refractivity contribution in [2.75, 3.05) is 0 Å². The van der Waals surface area contributed by atoms with Gasteiger partial charge in [-0.05, 0) is 31.3 Å². The second kappa shape index (κ2) is 5.41. The number of aromatic amines is 2. The summed E-state index contributed by atoms with van der Waals surface area (Å²) in [7, 11) is 0. The van der Waals surface area contributed by atoms with E-state index in [-0.39, 0.29) is 5.82 Å². The molecular weight excluding hydrogens is 291 g/mol. The number of rotatable bonds is 3. The van der Waals surface area contributed by atoms with E-state index in [2.05, 4.69) is 25.5 Å². The van der Waals surface area contributed by atoms with Crippen LogP contribution in [0.4, 0.5) is 4.39 Å². The van der Waals surface area contributed by atoms with E-state index in [0.29, 0.717) is 21.9 Å². The Balaban J connectivity index is 2.02. The lowest BCUT2D eigenvalue weighted by Gasteiger charge is -1.98. The lowest BCUT2D eigenvalue weighted by Crippen LogP contribution is -1.96. The summed E-state index contributed by atoms with van der Waals surface area (Å²) < 4.78 is 15.3. The SMILES string of the molecule is Cc1cc(-c2n[nH]c(=S)n2/N=C\c2ccccc2F)n[nH]1. The molecular formula is C13H11FN6S. The van der Waals surface area contributed by atoms with Crippen LogP contribution in [0.2, 0.25) is 0 Å². The van der Waals surface area contributed by atoms with Crippen LogP contribution in [0.3, 0.4) is 0 Å². The standard InChI is InChI=1S/C13H11FN6S/c1-8-6-11(17-16-8)12-18-19-13(21)20(12)15-7-9-4-2-3-5-10(9)14/h2-7H,1H3,(H,16,17)(H,19,21)/b15-7-. The molecule has 0 saturated heterocycles. The molecule has 21 heavy (non-hydrogen) atoms. The van der Waals surface area contributed by atoms with Crippen LogP contribution in [0, 0.1) is 17.5 Å². The van der Waals surface area contributed by atoms with E-state index in [1.807, 2.05) is 13.0 Å². The predicted molar refractivity (Wildman–Crippen MR) is 79.1 cm³/mol. The van der Waals surface area contributed by atoms with Crippen molar-refractivity contribution in [3.63, 3.8) is 0 Å². The number of hydrogen-bond acceptors (Lipinski definition) is 4. The van der Waals surface area contributed by atoms with Gasteiger partial charge in [-0.3, -0.25) is 5.10 Å². The van der Waals surface area contributed by atoms with Crippen molar-refractivity contribution in [2.45, 2.75) is 6.92 Å². The largest absolute Gasteiger partial charge is 0.282 e. The molecule has 0 aliphatic carbocycles. The van der Waals surface area contributed by atoms with Crippen LogP contribution < -0.4 is 0 Å². The van der Waals surface area contributed by atoms with Gasteiger partial charge in [0.15, 0.2) is 0 Å². The Bertz CT molecular complexity index is 859. The first-order valence-corrected chi connectivity index (χ1v) is 6.54. The van der Waals surface area contributed by atoms with Gasteiger partial charge in [-0.15, -0.1) is 0 Å². The molecule has 0 bridgehead atoms. The molecule has 0 fully saturated rings. The van der Waals surface area contributed by atoms with Gasteiger partial charge in [-0.2, -0.15) is 20.0 Å². The lowest BCUT2D eigenvalue weighted by atomic mass is 10.2. The molecule has 0 spiro atoms. The van der Waals surface area contributed by atoms with Gasteiger partial charge < -0.3 is 0 Å². The van der Waals surface area contributed by atoms with Crippen molar-refractivity contribution >= 4 is 18.4 Å². The number of aromatic nitrogens is 5. The van der Waals surface area contributed by atoms with E-state index in [1.54, 1.807) is 18.2 Å². The highest BCUT2D eigenvalue weighted by Gasteiger charge is 2.11. The summed E-state index contributed by atoms with van der Waals surface area (Å²) in [5, 5.41) is 17.9. The van der Waals surface area contributed by atoms with Crippen LogP contribution in [0.5, 0.6) is 0 Å². The minimum absolute atomic E-state index is 0.304. The van der Waals surface area contributed by atoms with Crippen molar-refractivity contribution in [1.82, 2.24) is 25.1 Å². The van der Waals surface area contributed by atoms with E-state index in [4.69, 9.17) is 12.2 Å². The summed E-state index contributed by atoms with van der Waals surface area (Å²) in [6.07, 6.45) is 1.39. The van der Waals surface area contributed by atoms with Crippen LogP contribution in [0.1, 0.15) is 11.3 Å². The van der Waals surface area contributed by atoms with E-state index < -0.39 is 0 Å². The fourth-order valence-corrected chi connectivity index (χ4v) is 1.98. The third kappa shape index (κ3) is 2.65. The van der Waals surface area contributed by atoms with Crippen molar-refractivity contribution in [1.29, 1.82) is 0 Å². The molecule has 0 radical (unpaired) electrons. The molecule has 8 heteroatoms. The predicted octanol–water partition coefficient (Wildman–Crippen LogP) is 2.66. The molecule has 2 N–H and O–H groups in total. The van der Waals surface area contributed by atoms with Crippen molar-refractivity contribution < 1.29 is 4.39 Å². The van der Waals surface area contributed by atoms with Gasteiger partial charge in [0.2, 0.25) is 10.6 Å². The van der Waals surface area contributed by atoms with Crippen molar-refractivity contribution in [2.24, 2.45) is 5.10 Å². The average molecular weight is 302 g/mol. The quantitative estimate of drug-likeness (QED) is 0.577. The Kier molecular flexibility index (Phi) is 3.44. The number of halogens is 1. The van der Waals surface area contributed by atoms with Gasteiger partial charge in [0, 0.05) is 11.3 Å². The highest BCUT2D eigenvalue weighted by molar-refractivity contribution is 7.71. The molecule has 6 nitrogen and oxygen atoms in total. The van der Waals surface area contributed by atoms with Crippen LogP contribution >= 0.6 is 12.2 Å². The molecule has 3 rings (SSSR count). The second-order valence-electron chi connectivity index (χ2n) is 4.37. The smallest absolute Gasteiger partial charge is 0.216 e. The van der Waals surface area contributed by atoms with Gasteiger partial charge in [-0.1, -0.05) is 18.2 Å². The summed E-state index contributed by atoms with van der Waals surface area (Å²) in [5.41, 5.74) is 1.86. The number of nitrogens with one attached hydrogen (secondary N) is 2. The zero-order chi connectivity index (χ0) is 14.8. The number of H-pyrrole nitrogens is 2. The molecule has 106 valence electrons. The van der Waals surface area contributed by atoms with Crippen LogP contribution in [0.25, 0.3) is 11.5 Å². The molecule has 2 aromatic heterocycles. The number of benzene rings is 1. The Morgan fingerprint density at radius 2 is 2.10 bits per heavy atom. The summed E-state index contributed by atoms with van der Waals surface area (Å²) in [6.45, 7) is 1.88. The normalized spacial score (nSPS) is 11.3. The maximum absolute atomic E-state index is 13.6. The first kappa shape index (κ1) is 13.4. The molecule has 0 atom stereocenters. The van der Waals surface area contributed by atoms with E-state index in [1.165, 1.54) is 17.0 Å². The molecule has 0 amide bonds. The van der Waals surface area contributed by atoms with Crippen LogP contribution in [-0.4, -0.2) is 31.3 Å². The zero-order valence-corrected chi connectivity index (χ0v) is 11.9. The first-order valence-electron chi connectivity index (χ1n) is 6.14. The Morgan fingerprint density at radius 1 is 1.29 bits per heavy atom. The minimum atomic E-state index is -0.353. The molecule has 0 unspecified atom stereocenters. The average Bonchev–Trinajstić information content (AvgIpc) is 3.04. The fraction of sp³-hybridized carbons (Fsp3) is 0.0769. The highest BCUT2D eigenvalue weighted by atomic mass is 32.1. The molecule has 1 aromatic carbocycles. The van der Waals surface area contributed by atoms with Gasteiger partial charge >= 0.3 is 0 Å². The van der Waals surface area contributed by atoms with E-state index >= 15 is 0 Å². The molecule has 0 saturated carbocycles. The third-order valence-electron chi connectivity index (χ3n) is 2.80. The molecule has 3 aromatic rings. The topological polar surface area (TPSA) is 74.7 Å². The van der Waals surface area contributed by atoms with E-state index in [9.17, 15) is 4.39 Å². The zero-order valence-electron chi connectivity index (χ0n) is 11.0. The number of aryl methyl sites for hydroxylation is 1. The Labute approximate surface area is 124 Å². The maximum Gasteiger partial charge on any atom is 0.216 e. The van der Waals surface area contributed by atoms with Gasteiger partial charge in [0.05, 0.1) is 6.21 Å². The Morgan fingerprint density at radius 3 is 2.81 bits per heavy atom. The van der Waals surface area contributed by atoms with Gasteiger partial charge in [0.25, 0.3) is 0 Å². The van der Waals surface area contributed by atoms with Crippen molar-refractivity contribution in [3.8, 4) is 11.5 Å². The number of nitrogens with zero attached hydrogens (tertiary/aromatic N) is 4. The van der Waals surface area contributed by atoms with Gasteiger partial charge in [0.1, 0.15) is 11.5 Å². The summed E-state index contributed by atoms with van der Waals surface area (Å²) in [4.78, 5) is 0. The molecule has 0 aliphatic rings. The Hall–Kier alpha value is -2.61. The first-order chi connectivity index (χ1) is 10.1. The third-order valence-corrected chi connectivity index (χ3v) is 3.07. The summed E-state index contributed by atoms with van der Waals surface area (Å²) in [5.74, 6) is 0.102. The summed E-state index contributed by atoms with van der Waals surface area (Å²) >= 11 is 5.13. The second-order valence-corrected chi connectivity index (χ2v) is 4.75. The fourth-order valence-electron chi connectivity index (χ4n) is 1.80.